The minimum Gasteiger partial charge on any atom is -0.347 e. The molecular weight excluding hydrogens is 286 g/mol. The standard InChI is InChI=1S/C14H19N5OS/c1-10-8-21-9-11(10)17-14(20)19-6-5-18(2)12(7-19)13-15-3-4-16-13/h3-4,8-9,12H,5-7H2,1-2H3,(H,15,16)(H,17,20). The van der Waals surface area contributed by atoms with Crippen molar-refractivity contribution in [3.8, 4) is 0 Å². The number of amides is 2. The Bertz CT molecular complexity index is 609. The molecule has 6 nitrogen and oxygen atoms in total. The van der Waals surface area contributed by atoms with Gasteiger partial charge in [-0.25, -0.2) is 9.78 Å². The van der Waals surface area contributed by atoms with Gasteiger partial charge in [0.25, 0.3) is 0 Å². The van der Waals surface area contributed by atoms with Crippen LogP contribution in [0.1, 0.15) is 17.4 Å². The average Bonchev–Trinajstić information content (AvgIpc) is 3.12. The first-order chi connectivity index (χ1) is 10.1. The van der Waals surface area contributed by atoms with Crippen molar-refractivity contribution in [1.29, 1.82) is 0 Å². The number of anilines is 1. The Kier molecular flexibility index (Phi) is 3.94. The van der Waals surface area contributed by atoms with Gasteiger partial charge in [-0.05, 0) is 24.9 Å². The van der Waals surface area contributed by atoms with Gasteiger partial charge in [0.1, 0.15) is 5.82 Å². The topological polar surface area (TPSA) is 64.3 Å². The molecule has 0 bridgehead atoms. The highest BCUT2D eigenvalue weighted by molar-refractivity contribution is 7.08. The van der Waals surface area contributed by atoms with E-state index in [9.17, 15) is 4.79 Å². The first kappa shape index (κ1) is 14.1. The smallest absolute Gasteiger partial charge is 0.321 e. The van der Waals surface area contributed by atoms with Crippen molar-refractivity contribution in [3.63, 3.8) is 0 Å². The van der Waals surface area contributed by atoms with Crippen LogP contribution in [-0.2, 0) is 0 Å². The van der Waals surface area contributed by atoms with E-state index in [-0.39, 0.29) is 12.1 Å². The number of carbonyl (C=O) groups excluding carboxylic acids is 1. The molecule has 0 radical (unpaired) electrons. The molecule has 1 aliphatic heterocycles. The molecule has 2 aromatic heterocycles. The predicted molar refractivity (Wildman–Crippen MR) is 83.6 cm³/mol. The van der Waals surface area contributed by atoms with Gasteiger partial charge in [0, 0.05) is 37.4 Å². The summed E-state index contributed by atoms with van der Waals surface area (Å²) in [6.07, 6.45) is 3.56. The van der Waals surface area contributed by atoms with Gasteiger partial charge < -0.3 is 15.2 Å². The quantitative estimate of drug-likeness (QED) is 0.895. The van der Waals surface area contributed by atoms with E-state index in [1.54, 1.807) is 17.5 Å². The van der Waals surface area contributed by atoms with Crippen molar-refractivity contribution in [2.75, 3.05) is 32.0 Å². The van der Waals surface area contributed by atoms with E-state index in [0.29, 0.717) is 6.54 Å². The Morgan fingerprint density at radius 1 is 1.48 bits per heavy atom. The second kappa shape index (κ2) is 5.87. The number of rotatable bonds is 2. The number of hydrogen-bond donors (Lipinski definition) is 2. The summed E-state index contributed by atoms with van der Waals surface area (Å²) in [5.74, 6) is 0.904. The number of H-pyrrole nitrogens is 1. The van der Waals surface area contributed by atoms with Gasteiger partial charge in [-0.15, -0.1) is 11.3 Å². The Hall–Kier alpha value is -1.86. The fourth-order valence-corrected chi connectivity index (χ4v) is 3.28. The second-order valence-corrected chi connectivity index (χ2v) is 6.06. The summed E-state index contributed by atoms with van der Waals surface area (Å²) in [6.45, 7) is 4.20. The second-order valence-electron chi connectivity index (χ2n) is 5.32. The van der Waals surface area contributed by atoms with Crippen LogP contribution in [-0.4, -0.2) is 52.5 Å². The number of imidazole rings is 1. The Morgan fingerprint density at radius 3 is 3.00 bits per heavy atom. The largest absolute Gasteiger partial charge is 0.347 e. The molecule has 1 fully saturated rings. The Balaban J connectivity index is 1.68. The van der Waals surface area contributed by atoms with Crippen LogP contribution in [0.4, 0.5) is 10.5 Å². The van der Waals surface area contributed by atoms with Crippen molar-refractivity contribution in [3.05, 3.63) is 34.5 Å². The number of urea groups is 1. The summed E-state index contributed by atoms with van der Waals surface area (Å²) in [7, 11) is 2.06. The number of aryl methyl sites for hydroxylation is 1. The first-order valence-corrected chi connectivity index (χ1v) is 7.87. The van der Waals surface area contributed by atoms with E-state index in [0.717, 1.165) is 30.2 Å². The molecule has 0 aromatic carbocycles. The molecule has 1 atom stereocenters. The number of piperazine rings is 1. The van der Waals surface area contributed by atoms with Gasteiger partial charge in [-0.2, -0.15) is 0 Å². The predicted octanol–water partition coefficient (Wildman–Crippen LogP) is 2.30. The molecule has 0 spiro atoms. The fraction of sp³-hybridized carbons (Fsp3) is 0.429. The third-order valence-electron chi connectivity index (χ3n) is 3.87. The summed E-state index contributed by atoms with van der Waals surface area (Å²) in [4.78, 5) is 23.9. The number of thiophene rings is 1. The Morgan fingerprint density at radius 2 is 2.33 bits per heavy atom. The molecule has 3 heterocycles. The molecule has 2 aromatic rings. The van der Waals surface area contributed by atoms with E-state index in [4.69, 9.17) is 0 Å². The van der Waals surface area contributed by atoms with Crippen LogP contribution < -0.4 is 5.32 Å². The third-order valence-corrected chi connectivity index (χ3v) is 4.73. The molecule has 0 aliphatic carbocycles. The van der Waals surface area contributed by atoms with Gasteiger partial charge in [0.2, 0.25) is 0 Å². The Labute approximate surface area is 127 Å². The van der Waals surface area contributed by atoms with Crippen molar-refractivity contribution in [1.82, 2.24) is 19.8 Å². The van der Waals surface area contributed by atoms with E-state index in [1.807, 2.05) is 28.8 Å². The number of likely N-dealkylation sites (N-methyl/N-ethyl adjacent to an activating group) is 1. The number of aromatic nitrogens is 2. The first-order valence-electron chi connectivity index (χ1n) is 6.93. The summed E-state index contributed by atoms with van der Waals surface area (Å²) in [6, 6.07) is 0.0734. The fourth-order valence-electron chi connectivity index (χ4n) is 2.50. The van der Waals surface area contributed by atoms with E-state index >= 15 is 0 Å². The highest BCUT2D eigenvalue weighted by atomic mass is 32.1. The lowest BCUT2D eigenvalue weighted by Gasteiger charge is -2.38. The number of nitrogens with zero attached hydrogens (tertiary/aromatic N) is 3. The monoisotopic (exact) mass is 305 g/mol. The third kappa shape index (κ3) is 2.93. The molecule has 0 saturated carbocycles. The van der Waals surface area contributed by atoms with Gasteiger partial charge in [0.15, 0.2) is 0 Å². The van der Waals surface area contributed by atoms with Crippen molar-refractivity contribution in [2.45, 2.75) is 13.0 Å². The molecule has 2 N–H and O–H groups in total. The molecule has 7 heteroatoms. The molecule has 112 valence electrons. The zero-order valence-corrected chi connectivity index (χ0v) is 13.0. The lowest BCUT2D eigenvalue weighted by Crippen LogP contribution is -2.50. The summed E-state index contributed by atoms with van der Waals surface area (Å²) < 4.78 is 0. The molecule has 1 unspecified atom stereocenters. The van der Waals surface area contributed by atoms with Gasteiger partial charge in [-0.3, -0.25) is 4.90 Å². The maximum absolute atomic E-state index is 12.4. The number of carbonyl (C=O) groups is 1. The van der Waals surface area contributed by atoms with E-state index in [1.165, 1.54) is 0 Å². The van der Waals surface area contributed by atoms with Gasteiger partial charge >= 0.3 is 6.03 Å². The summed E-state index contributed by atoms with van der Waals surface area (Å²) in [5, 5.41) is 6.99. The molecular formula is C14H19N5OS. The summed E-state index contributed by atoms with van der Waals surface area (Å²) >= 11 is 1.60. The lowest BCUT2D eigenvalue weighted by atomic mass is 10.1. The maximum Gasteiger partial charge on any atom is 0.321 e. The SMILES string of the molecule is Cc1cscc1NC(=O)N1CCN(C)C(c2ncc[nH]2)C1. The van der Waals surface area contributed by atoms with E-state index < -0.39 is 0 Å². The summed E-state index contributed by atoms with van der Waals surface area (Å²) in [5.41, 5.74) is 2.00. The van der Waals surface area contributed by atoms with Crippen LogP contribution in [0.15, 0.2) is 23.2 Å². The maximum atomic E-state index is 12.4. The number of hydrogen-bond acceptors (Lipinski definition) is 4. The minimum atomic E-state index is -0.0406. The van der Waals surface area contributed by atoms with Crippen LogP contribution in [0.5, 0.6) is 0 Å². The van der Waals surface area contributed by atoms with Crippen LogP contribution in [0.2, 0.25) is 0 Å². The minimum absolute atomic E-state index is 0.0406. The normalized spacial score (nSPS) is 19.7. The van der Waals surface area contributed by atoms with Crippen LogP contribution in [0.25, 0.3) is 0 Å². The lowest BCUT2D eigenvalue weighted by molar-refractivity contribution is 0.112. The number of aromatic amines is 1. The molecule has 1 aliphatic rings. The van der Waals surface area contributed by atoms with Gasteiger partial charge in [0.05, 0.1) is 11.7 Å². The molecule has 21 heavy (non-hydrogen) atoms. The highest BCUT2D eigenvalue weighted by Gasteiger charge is 2.30. The molecule has 1 saturated heterocycles. The van der Waals surface area contributed by atoms with Crippen molar-refractivity contribution < 1.29 is 4.79 Å². The molecule has 3 rings (SSSR count). The highest BCUT2D eigenvalue weighted by Crippen LogP contribution is 2.23. The van der Waals surface area contributed by atoms with Crippen LogP contribution in [0.3, 0.4) is 0 Å². The number of nitrogens with one attached hydrogen (secondary N) is 2. The van der Waals surface area contributed by atoms with E-state index in [2.05, 4.69) is 27.2 Å². The molecule has 2 amide bonds. The zero-order chi connectivity index (χ0) is 14.8. The average molecular weight is 305 g/mol. The zero-order valence-electron chi connectivity index (χ0n) is 12.2. The van der Waals surface area contributed by atoms with Gasteiger partial charge in [-0.1, -0.05) is 0 Å². The van der Waals surface area contributed by atoms with Crippen LogP contribution >= 0.6 is 11.3 Å². The van der Waals surface area contributed by atoms with Crippen molar-refractivity contribution in [2.24, 2.45) is 0 Å². The van der Waals surface area contributed by atoms with Crippen LogP contribution in [0, 0.1) is 6.92 Å². The van der Waals surface area contributed by atoms with Crippen molar-refractivity contribution >= 4 is 23.1 Å².